The minimum atomic E-state index is -0.374. The normalized spacial score (nSPS) is 14.7. The van der Waals surface area contributed by atoms with E-state index in [1.165, 1.54) is 24.3 Å². The molecule has 142 valence electrons. The lowest BCUT2D eigenvalue weighted by atomic mass is 10.1. The van der Waals surface area contributed by atoms with E-state index < -0.39 is 0 Å². The minimum Gasteiger partial charge on any atom is -0.370 e. The summed E-state index contributed by atoms with van der Waals surface area (Å²) < 4.78 is 12.9. The molecule has 0 unspecified atom stereocenters. The number of hydrogen-bond acceptors (Lipinski definition) is 4. The Morgan fingerprint density at radius 3 is 2.56 bits per heavy atom. The van der Waals surface area contributed by atoms with Crippen molar-refractivity contribution in [2.24, 2.45) is 0 Å². The Morgan fingerprint density at radius 2 is 1.81 bits per heavy atom. The van der Waals surface area contributed by atoms with Crippen LogP contribution < -0.4 is 4.90 Å². The van der Waals surface area contributed by atoms with Gasteiger partial charge in [0.05, 0.1) is 0 Å². The second-order valence-electron chi connectivity index (χ2n) is 6.81. The molecule has 1 saturated heterocycles. The summed E-state index contributed by atoms with van der Waals surface area (Å²) in [5.74, 6) is -0.508. The molecule has 1 aromatic carbocycles. The molecular formula is C21H24FN3O2. The molecule has 2 heterocycles. The molecule has 1 amide bonds. The first-order valence-electron chi connectivity index (χ1n) is 9.27. The minimum absolute atomic E-state index is 0.00165. The fourth-order valence-electron chi connectivity index (χ4n) is 3.31. The quantitative estimate of drug-likeness (QED) is 0.760. The van der Waals surface area contributed by atoms with Gasteiger partial charge < -0.3 is 9.80 Å². The number of carbonyl (C=O) groups excluding carboxylic acids is 2. The number of amides is 1. The molecule has 0 atom stereocenters. The van der Waals surface area contributed by atoms with Gasteiger partial charge in [0, 0.05) is 62.2 Å². The van der Waals surface area contributed by atoms with Gasteiger partial charge in [-0.15, -0.1) is 0 Å². The maximum atomic E-state index is 12.9. The number of anilines is 1. The number of carbonyl (C=O) groups is 2. The zero-order chi connectivity index (χ0) is 19.2. The van der Waals surface area contributed by atoms with Crippen LogP contribution in [0.15, 0.2) is 42.6 Å². The van der Waals surface area contributed by atoms with Crippen molar-refractivity contribution in [3.63, 3.8) is 0 Å². The summed E-state index contributed by atoms with van der Waals surface area (Å²) in [4.78, 5) is 33.0. The van der Waals surface area contributed by atoms with Gasteiger partial charge in [0.1, 0.15) is 5.82 Å². The van der Waals surface area contributed by atoms with Crippen LogP contribution in [0.2, 0.25) is 0 Å². The number of Topliss-reactive ketones (excluding diaryl/α,β-unsaturated/α-hetero) is 1. The highest BCUT2D eigenvalue weighted by Gasteiger charge is 2.20. The van der Waals surface area contributed by atoms with Gasteiger partial charge in [-0.25, -0.2) is 4.39 Å². The molecule has 3 rings (SSSR count). The predicted octanol–water partition coefficient (Wildman–Crippen LogP) is 3.23. The number of halogens is 1. The zero-order valence-electron chi connectivity index (χ0n) is 15.5. The van der Waals surface area contributed by atoms with E-state index in [1.54, 1.807) is 6.20 Å². The fourth-order valence-corrected chi connectivity index (χ4v) is 3.31. The van der Waals surface area contributed by atoms with Gasteiger partial charge >= 0.3 is 0 Å². The number of rotatable bonds is 5. The second kappa shape index (κ2) is 8.75. The first-order chi connectivity index (χ1) is 13.0. The Bertz CT molecular complexity index is 807. The average Bonchev–Trinajstić information content (AvgIpc) is 2.93. The Labute approximate surface area is 158 Å². The number of nitrogens with zero attached hydrogens (tertiary/aromatic N) is 3. The molecule has 0 N–H and O–H groups in total. The maximum Gasteiger partial charge on any atom is 0.223 e. The van der Waals surface area contributed by atoms with Crippen molar-refractivity contribution < 1.29 is 14.0 Å². The molecule has 1 aromatic heterocycles. The lowest BCUT2D eigenvalue weighted by molar-refractivity contribution is -0.130. The van der Waals surface area contributed by atoms with E-state index in [-0.39, 0.29) is 30.3 Å². The highest BCUT2D eigenvalue weighted by atomic mass is 19.1. The lowest BCUT2D eigenvalue weighted by Crippen LogP contribution is -2.35. The van der Waals surface area contributed by atoms with Gasteiger partial charge in [-0.1, -0.05) is 0 Å². The Hall–Kier alpha value is -2.76. The van der Waals surface area contributed by atoms with E-state index in [9.17, 15) is 14.0 Å². The van der Waals surface area contributed by atoms with E-state index >= 15 is 0 Å². The summed E-state index contributed by atoms with van der Waals surface area (Å²) in [5, 5.41) is 0. The number of aromatic nitrogens is 1. The smallest absolute Gasteiger partial charge is 0.223 e. The van der Waals surface area contributed by atoms with Crippen LogP contribution in [0.1, 0.15) is 35.3 Å². The summed E-state index contributed by atoms with van der Waals surface area (Å²) in [5.41, 5.74) is 2.55. The molecule has 1 aliphatic heterocycles. The Morgan fingerprint density at radius 1 is 1.04 bits per heavy atom. The SMILES string of the molecule is Cc1cc(N2CCCN(C(=O)CCC(=O)c3ccc(F)cc3)CC2)ccn1. The number of aryl methyl sites for hydroxylation is 1. The van der Waals surface area contributed by atoms with Crippen LogP contribution in [0.3, 0.4) is 0 Å². The van der Waals surface area contributed by atoms with Crippen molar-refractivity contribution >= 4 is 17.4 Å². The van der Waals surface area contributed by atoms with Gasteiger partial charge in [0.2, 0.25) is 5.91 Å². The molecule has 2 aromatic rings. The van der Waals surface area contributed by atoms with E-state index in [4.69, 9.17) is 0 Å². The summed E-state index contributed by atoms with van der Waals surface area (Å²) in [6, 6.07) is 9.49. The first kappa shape index (κ1) is 19.0. The van der Waals surface area contributed by atoms with Crippen molar-refractivity contribution in [3.8, 4) is 0 Å². The van der Waals surface area contributed by atoms with E-state index in [0.717, 1.165) is 30.9 Å². The molecule has 1 fully saturated rings. The van der Waals surface area contributed by atoms with E-state index in [0.29, 0.717) is 18.7 Å². The van der Waals surface area contributed by atoms with Gasteiger partial charge in [-0.3, -0.25) is 14.6 Å². The predicted molar refractivity (Wildman–Crippen MR) is 102 cm³/mol. The number of hydrogen-bond donors (Lipinski definition) is 0. The molecular weight excluding hydrogens is 345 g/mol. The maximum absolute atomic E-state index is 12.9. The van der Waals surface area contributed by atoms with Crippen LogP contribution in [0.5, 0.6) is 0 Å². The van der Waals surface area contributed by atoms with Crippen LogP contribution in [0.4, 0.5) is 10.1 Å². The first-order valence-corrected chi connectivity index (χ1v) is 9.27. The number of benzene rings is 1. The third-order valence-corrected chi connectivity index (χ3v) is 4.83. The fraction of sp³-hybridized carbons (Fsp3) is 0.381. The molecule has 0 bridgehead atoms. The molecule has 0 aliphatic carbocycles. The summed E-state index contributed by atoms with van der Waals surface area (Å²) in [6.45, 7) is 4.97. The Balaban J connectivity index is 1.52. The largest absolute Gasteiger partial charge is 0.370 e. The van der Waals surface area contributed by atoms with Gasteiger partial charge in [0.15, 0.2) is 5.78 Å². The highest BCUT2D eigenvalue weighted by Crippen LogP contribution is 2.17. The van der Waals surface area contributed by atoms with E-state index in [2.05, 4.69) is 16.0 Å². The van der Waals surface area contributed by atoms with Crippen LogP contribution >= 0.6 is 0 Å². The molecule has 0 spiro atoms. The van der Waals surface area contributed by atoms with Crippen molar-refractivity contribution in [2.75, 3.05) is 31.1 Å². The van der Waals surface area contributed by atoms with Crippen LogP contribution in [0, 0.1) is 12.7 Å². The van der Waals surface area contributed by atoms with Crippen LogP contribution in [-0.4, -0.2) is 47.8 Å². The molecule has 27 heavy (non-hydrogen) atoms. The molecule has 5 nitrogen and oxygen atoms in total. The van der Waals surface area contributed by atoms with Crippen LogP contribution in [-0.2, 0) is 4.79 Å². The highest BCUT2D eigenvalue weighted by molar-refractivity contribution is 5.97. The van der Waals surface area contributed by atoms with Crippen molar-refractivity contribution in [1.82, 2.24) is 9.88 Å². The lowest BCUT2D eigenvalue weighted by Gasteiger charge is -2.24. The van der Waals surface area contributed by atoms with Gasteiger partial charge in [-0.2, -0.15) is 0 Å². The third-order valence-electron chi connectivity index (χ3n) is 4.83. The van der Waals surface area contributed by atoms with Gasteiger partial charge in [-0.05, 0) is 49.7 Å². The van der Waals surface area contributed by atoms with E-state index in [1.807, 2.05) is 17.9 Å². The molecule has 0 saturated carbocycles. The molecule has 6 heteroatoms. The summed E-state index contributed by atoms with van der Waals surface area (Å²) in [7, 11) is 0. The second-order valence-corrected chi connectivity index (χ2v) is 6.81. The Kier molecular flexibility index (Phi) is 6.16. The standard InChI is InChI=1S/C21H24FN3O2/c1-16-15-19(9-10-23-16)24-11-2-12-25(14-13-24)21(27)8-7-20(26)17-3-5-18(22)6-4-17/h3-6,9-10,15H,2,7-8,11-14H2,1H3. The summed E-state index contributed by atoms with van der Waals surface area (Å²) >= 11 is 0. The van der Waals surface area contributed by atoms with Crippen LogP contribution in [0.25, 0.3) is 0 Å². The van der Waals surface area contributed by atoms with Crippen molar-refractivity contribution in [1.29, 1.82) is 0 Å². The average molecular weight is 369 g/mol. The number of pyridine rings is 1. The topological polar surface area (TPSA) is 53.5 Å². The third kappa shape index (κ3) is 5.12. The zero-order valence-corrected chi connectivity index (χ0v) is 15.5. The van der Waals surface area contributed by atoms with Crippen molar-refractivity contribution in [3.05, 3.63) is 59.7 Å². The summed E-state index contributed by atoms with van der Waals surface area (Å²) in [6.07, 6.45) is 3.03. The molecule has 1 aliphatic rings. The number of ketones is 1. The monoisotopic (exact) mass is 369 g/mol. The molecule has 0 radical (unpaired) electrons. The van der Waals surface area contributed by atoms with Gasteiger partial charge in [0.25, 0.3) is 0 Å². The van der Waals surface area contributed by atoms with Crippen molar-refractivity contribution in [2.45, 2.75) is 26.2 Å².